The maximum Gasteiger partial charge on any atom is 0.322 e. The van der Waals surface area contributed by atoms with Crippen LogP contribution in [0.2, 0.25) is 0 Å². The molecule has 0 aromatic heterocycles. The minimum absolute atomic E-state index is 0.233. The van der Waals surface area contributed by atoms with Crippen LogP contribution >= 0.6 is 0 Å². The summed E-state index contributed by atoms with van der Waals surface area (Å²) in [6, 6.07) is 0. The smallest absolute Gasteiger partial charge is 0.322 e. The molecule has 1 amide bonds. The molecule has 0 aliphatic rings. The number of aliphatic carboxylic acids is 1. The third kappa shape index (κ3) is 19.6. The fourth-order valence-corrected chi connectivity index (χ4v) is 1.85. The summed E-state index contributed by atoms with van der Waals surface area (Å²) < 4.78 is 0. The average molecular weight is 345 g/mol. The molecule has 4 heteroatoms. The molecule has 0 aromatic rings. The van der Waals surface area contributed by atoms with Gasteiger partial charge in [-0.25, -0.2) is 0 Å². The van der Waals surface area contributed by atoms with Gasteiger partial charge in [-0.1, -0.05) is 67.7 Å². The first-order valence-electron chi connectivity index (χ1n) is 8.90. The molecule has 25 heavy (non-hydrogen) atoms. The van der Waals surface area contributed by atoms with Crippen molar-refractivity contribution < 1.29 is 14.7 Å². The van der Waals surface area contributed by atoms with Crippen LogP contribution in [0.5, 0.6) is 0 Å². The van der Waals surface area contributed by atoms with Gasteiger partial charge in [-0.2, -0.15) is 0 Å². The molecule has 0 unspecified atom stereocenters. The number of nitrogens with one attached hydrogen (secondary N) is 1. The number of carbonyl (C=O) groups excluding carboxylic acids is 1. The van der Waals surface area contributed by atoms with E-state index in [9.17, 15) is 9.59 Å². The SMILES string of the molecule is CC/C=C\C/C=C\C/C=C\C/C=C\C/C=C\CCC(=O)NCC(=O)O. The number of rotatable bonds is 14. The Hall–Kier alpha value is -2.36. The Balaban J connectivity index is 3.56. The minimum atomic E-state index is -1.02. The highest BCUT2D eigenvalue weighted by molar-refractivity contribution is 5.81. The van der Waals surface area contributed by atoms with E-state index in [0.29, 0.717) is 12.8 Å². The van der Waals surface area contributed by atoms with Crippen molar-refractivity contribution in [1.29, 1.82) is 0 Å². The molecule has 138 valence electrons. The zero-order chi connectivity index (χ0) is 18.6. The van der Waals surface area contributed by atoms with E-state index in [4.69, 9.17) is 5.11 Å². The van der Waals surface area contributed by atoms with Crippen molar-refractivity contribution in [3.05, 3.63) is 60.8 Å². The van der Waals surface area contributed by atoms with Gasteiger partial charge in [0.1, 0.15) is 6.54 Å². The van der Waals surface area contributed by atoms with Crippen LogP contribution < -0.4 is 5.32 Å². The molecule has 0 fully saturated rings. The summed E-state index contributed by atoms with van der Waals surface area (Å²) in [5, 5.41) is 10.8. The number of carboxylic acids is 1. The second-order valence-corrected chi connectivity index (χ2v) is 5.42. The Bertz CT molecular complexity index is 499. The number of allylic oxidation sites excluding steroid dienone is 10. The Labute approximate surface area is 151 Å². The molecule has 0 saturated heterocycles. The summed E-state index contributed by atoms with van der Waals surface area (Å²) in [6.45, 7) is 1.82. The van der Waals surface area contributed by atoms with E-state index in [0.717, 1.165) is 32.1 Å². The molecule has 0 saturated carbocycles. The third-order valence-corrected chi connectivity index (χ3v) is 3.13. The van der Waals surface area contributed by atoms with E-state index in [1.165, 1.54) is 0 Å². The van der Waals surface area contributed by atoms with Crippen LogP contribution in [0.4, 0.5) is 0 Å². The van der Waals surface area contributed by atoms with Crippen molar-refractivity contribution in [1.82, 2.24) is 5.32 Å². The molecule has 0 aliphatic carbocycles. The lowest BCUT2D eigenvalue weighted by Gasteiger charge is -1.99. The highest BCUT2D eigenvalue weighted by atomic mass is 16.4. The normalized spacial score (nSPS) is 12.4. The molecule has 0 aliphatic heterocycles. The van der Waals surface area contributed by atoms with Crippen LogP contribution in [-0.4, -0.2) is 23.5 Å². The maximum atomic E-state index is 11.3. The second-order valence-electron chi connectivity index (χ2n) is 5.42. The number of hydrogen-bond acceptors (Lipinski definition) is 2. The van der Waals surface area contributed by atoms with Crippen LogP contribution in [0.3, 0.4) is 0 Å². The lowest BCUT2D eigenvalue weighted by molar-refractivity contribution is -0.137. The molecule has 0 aromatic carbocycles. The van der Waals surface area contributed by atoms with Crippen LogP contribution in [-0.2, 0) is 9.59 Å². The zero-order valence-corrected chi connectivity index (χ0v) is 15.2. The largest absolute Gasteiger partial charge is 0.480 e. The van der Waals surface area contributed by atoms with Crippen molar-refractivity contribution >= 4 is 11.9 Å². The number of carbonyl (C=O) groups is 2. The first-order chi connectivity index (χ1) is 12.2. The van der Waals surface area contributed by atoms with Crippen molar-refractivity contribution in [3.8, 4) is 0 Å². The van der Waals surface area contributed by atoms with Gasteiger partial charge in [0, 0.05) is 6.42 Å². The molecule has 0 rings (SSSR count). The summed E-state index contributed by atoms with van der Waals surface area (Å²) in [6.07, 6.45) is 27.0. The number of amides is 1. The Morgan fingerprint density at radius 2 is 1.20 bits per heavy atom. The topological polar surface area (TPSA) is 66.4 Å². The number of carboxylic acid groups (broad SMARTS) is 1. The molecule has 0 bridgehead atoms. The molecular formula is C21H31NO3. The summed E-state index contributed by atoms with van der Waals surface area (Å²) in [5.41, 5.74) is 0. The summed E-state index contributed by atoms with van der Waals surface area (Å²) >= 11 is 0. The lowest BCUT2D eigenvalue weighted by atomic mass is 10.2. The third-order valence-electron chi connectivity index (χ3n) is 3.13. The molecule has 0 spiro atoms. The van der Waals surface area contributed by atoms with Gasteiger partial charge >= 0.3 is 5.97 Å². The van der Waals surface area contributed by atoms with E-state index in [-0.39, 0.29) is 12.5 Å². The van der Waals surface area contributed by atoms with Gasteiger partial charge in [0.25, 0.3) is 0 Å². The standard InChI is InChI=1S/C21H31NO3/c1-2-3-4-5-6-7-8-9-10-11-12-13-14-15-16-17-18-20(23)22-19-21(24)25/h3-4,6-7,9-10,12-13,15-16H,2,5,8,11,14,17-19H2,1H3,(H,22,23)(H,24,25)/b4-3-,7-6-,10-9-,13-12-,16-15-. The Morgan fingerprint density at radius 3 is 1.64 bits per heavy atom. The number of hydrogen-bond donors (Lipinski definition) is 2. The monoisotopic (exact) mass is 345 g/mol. The highest BCUT2D eigenvalue weighted by Crippen LogP contribution is 1.97. The van der Waals surface area contributed by atoms with Gasteiger partial charge in [0.2, 0.25) is 5.91 Å². The van der Waals surface area contributed by atoms with Gasteiger partial charge in [-0.3, -0.25) is 9.59 Å². The van der Waals surface area contributed by atoms with Crippen LogP contribution in [0.15, 0.2) is 60.8 Å². The fourth-order valence-electron chi connectivity index (χ4n) is 1.85. The quantitative estimate of drug-likeness (QED) is 0.448. The van der Waals surface area contributed by atoms with Gasteiger partial charge in [-0.05, 0) is 38.5 Å². The molecule has 0 radical (unpaired) electrons. The van der Waals surface area contributed by atoms with E-state index < -0.39 is 5.97 Å². The Morgan fingerprint density at radius 1 is 0.760 bits per heavy atom. The first-order valence-corrected chi connectivity index (χ1v) is 8.90. The predicted molar refractivity (Wildman–Crippen MR) is 104 cm³/mol. The summed E-state index contributed by atoms with van der Waals surface area (Å²) in [7, 11) is 0. The molecular weight excluding hydrogens is 314 g/mol. The van der Waals surface area contributed by atoms with Crippen LogP contribution in [0.25, 0.3) is 0 Å². The predicted octanol–water partition coefficient (Wildman–Crippen LogP) is 4.72. The van der Waals surface area contributed by atoms with Crippen LogP contribution in [0.1, 0.15) is 51.9 Å². The van der Waals surface area contributed by atoms with E-state index >= 15 is 0 Å². The lowest BCUT2D eigenvalue weighted by Crippen LogP contribution is -2.28. The molecule has 0 atom stereocenters. The van der Waals surface area contributed by atoms with Crippen molar-refractivity contribution in [2.24, 2.45) is 0 Å². The molecule has 0 heterocycles. The minimum Gasteiger partial charge on any atom is -0.480 e. The van der Waals surface area contributed by atoms with Crippen molar-refractivity contribution in [2.45, 2.75) is 51.9 Å². The fraction of sp³-hybridized carbons (Fsp3) is 0.429. The van der Waals surface area contributed by atoms with E-state index in [2.05, 4.69) is 60.8 Å². The first kappa shape index (κ1) is 22.6. The summed E-state index contributed by atoms with van der Waals surface area (Å²) in [5.74, 6) is -1.26. The van der Waals surface area contributed by atoms with Crippen molar-refractivity contribution in [2.75, 3.05) is 6.54 Å². The van der Waals surface area contributed by atoms with Crippen molar-refractivity contribution in [3.63, 3.8) is 0 Å². The van der Waals surface area contributed by atoms with Crippen LogP contribution in [0, 0.1) is 0 Å². The summed E-state index contributed by atoms with van der Waals surface area (Å²) in [4.78, 5) is 21.5. The van der Waals surface area contributed by atoms with Gasteiger partial charge in [0.15, 0.2) is 0 Å². The molecule has 4 nitrogen and oxygen atoms in total. The highest BCUT2D eigenvalue weighted by Gasteiger charge is 2.01. The van der Waals surface area contributed by atoms with E-state index in [1.807, 2.05) is 12.2 Å². The van der Waals surface area contributed by atoms with Gasteiger partial charge in [-0.15, -0.1) is 0 Å². The maximum absolute atomic E-state index is 11.3. The molecule has 2 N–H and O–H groups in total. The second kappa shape index (κ2) is 18.0. The van der Waals surface area contributed by atoms with Gasteiger partial charge < -0.3 is 10.4 Å². The average Bonchev–Trinajstić information content (AvgIpc) is 2.59. The zero-order valence-electron chi connectivity index (χ0n) is 15.2. The van der Waals surface area contributed by atoms with Gasteiger partial charge in [0.05, 0.1) is 0 Å². The van der Waals surface area contributed by atoms with E-state index in [1.54, 1.807) is 0 Å². The Kier molecular flexibility index (Phi) is 16.3.